The number of benzene rings is 1. The molecule has 0 atom stereocenters. The van der Waals surface area contributed by atoms with Gasteiger partial charge in [0.15, 0.2) is 0 Å². The molecule has 2 rings (SSSR count). The molecule has 0 bridgehead atoms. The predicted molar refractivity (Wildman–Crippen MR) is 67.5 cm³/mol. The third kappa shape index (κ3) is 2.98. The Balaban J connectivity index is 2.08. The number of imidazole rings is 1. The number of anilines is 2. The fourth-order valence-corrected chi connectivity index (χ4v) is 1.46. The van der Waals surface area contributed by atoms with E-state index >= 15 is 0 Å². The van der Waals surface area contributed by atoms with E-state index in [0.29, 0.717) is 13.2 Å². The maximum absolute atomic E-state index is 5.45. The molecule has 0 aliphatic carbocycles. The number of hydrogen-bond acceptors (Lipinski definition) is 4. The van der Waals surface area contributed by atoms with Gasteiger partial charge in [-0.2, -0.15) is 0 Å². The van der Waals surface area contributed by atoms with Crippen LogP contribution in [-0.4, -0.2) is 22.7 Å². The van der Waals surface area contributed by atoms with E-state index in [0.717, 1.165) is 17.4 Å². The topological polar surface area (TPSA) is 65.1 Å². The molecular weight excluding hydrogens is 216 g/mol. The van der Waals surface area contributed by atoms with Crippen LogP contribution in [0.3, 0.4) is 0 Å². The van der Waals surface area contributed by atoms with Crippen molar-refractivity contribution in [1.29, 1.82) is 0 Å². The van der Waals surface area contributed by atoms with Gasteiger partial charge in [-0.3, -0.25) is 0 Å². The van der Waals surface area contributed by atoms with Crippen molar-refractivity contribution in [2.75, 3.05) is 18.5 Å². The van der Waals surface area contributed by atoms with Gasteiger partial charge in [0.05, 0.1) is 0 Å². The first-order chi connectivity index (χ1) is 8.29. The van der Waals surface area contributed by atoms with E-state index in [1.54, 1.807) is 6.20 Å². The molecule has 3 N–H and O–H groups in total. The van der Waals surface area contributed by atoms with Crippen molar-refractivity contribution >= 4 is 11.6 Å². The van der Waals surface area contributed by atoms with E-state index in [4.69, 9.17) is 10.5 Å². The van der Waals surface area contributed by atoms with Crippen molar-refractivity contribution in [3.05, 3.63) is 36.7 Å². The zero-order valence-electron chi connectivity index (χ0n) is 9.76. The lowest BCUT2D eigenvalue weighted by Gasteiger charge is -2.08. The molecule has 0 saturated carbocycles. The Morgan fingerprint density at radius 2 is 2.35 bits per heavy atom. The minimum atomic E-state index is 0.511. The van der Waals surface area contributed by atoms with Crippen molar-refractivity contribution in [1.82, 2.24) is 9.55 Å². The van der Waals surface area contributed by atoms with E-state index in [2.05, 4.69) is 10.3 Å². The van der Waals surface area contributed by atoms with Gasteiger partial charge in [-0.25, -0.2) is 4.98 Å². The second kappa shape index (κ2) is 5.36. The maximum Gasteiger partial charge on any atom is 0.207 e. The predicted octanol–water partition coefficient (Wildman–Crippen LogP) is 1.50. The molecule has 5 nitrogen and oxygen atoms in total. The molecule has 5 heteroatoms. The number of nitrogens with one attached hydrogen (secondary N) is 1. The summed E-state index contributed by atoms with van der Waals surface area (Å²) in [5.74, 6) is 1.59. The number of aromatic nitrogens is 2. The highest BCUT2D eigenvalue weighted by Gasteiger charge is 2.00. The number of nitrogens with zero attached hydrogens (tertiary/aromatic N) is 2. The van der Waals surface area contributed by atoms with Gasteiger partial charge in [-0.05, 0) is 12.1 Å². The van der Waals surface area contributed by atoms with Gasteiger partial charge >= 0.3 is 0 Å². The molecule has 0 fully saturated rings. The van der Waals surface area contributed by atoms with E-state index in [9.17, 15) is 0 Å². The highest BCUT2D eigenvalue weighted by Crippen LogP contribution is 2.20. The largest absolute Gasteiger partial charge is 0.492 e. The molecule has 0 unspecified atom stereocenters. The Bertz CT molecular complexity index is 481. The summed E-state index contributed by atoms with van der Waals surface area (Å²) < 4.78 is 7.36. The molecule has 0 aliphatic rings. The summed E-state index contributed by atoms with van der Waals surface area (Å²) in [7, 11) is 1.93. The zero-order valence-corrected chi connectivity index (χ0v) is 9.76. The van der Waals surface area contributed by atoms with Crippen LogP contribution in [0.4, 0.5) is 11.6 Å². The third-order valence-electron chi connectivity index (χ3n) is 2.30. The molecule has 0 amide bonds. The lowest BCUT2D eigenvalue weighted by atomic mass is 10.3. The molecular formula is C12H16N4O. The van der Waals surface area contributed by atoms with Crippen LogP contribution in [0.2, 0.25) is 0 Å². The average molecular weight is 232 g/mol. The number of hydrogen-bond donors (Lipinski definition) is 2. The molecule has 17 heavy (non-hydrogen) atoms. The van der Waals surface area contributed by atoms with Gasteiger partial charge in [0.1, 0.15) is 12.4 Å². The summed E-state index contributed by atoms with van der Waals surface area (Å²) in [6.07, 6.45) is 3.63. The molecule has 1 heterocycles. The van der Waals surface area contributed by atoms with Gasteiger partial charge in [0, 0.05) is 37.7 Å². The fourth-order valence-electron chi connectivity index (χ4n) is 1.46. The van der Waals surface area contributed by atoms with Crippen LogP contribution in [0.25, 0.3) is 0 Å². The smallest absolute Gasteiger partial charge is 0.207 e. The number of nitrogens with two attached hydrogens (primary N) is 1. The summed E-state index contributed by atoms with van der Waals surface area (Å²) >= 11 is 0. The lowest BCUT2D eigenvalue weighted by Crippen LogP contribution is -2.10. The molecule has 0 saturated heterocycles. The van der Waals surface area contributed by atoms with E-state index in [1.165, 1.54) is 0 Å². The highest BCUT2D eigenvalue weighted by molar-refractivity contribution is 5.56. The van der Waals surface area contributed by atoms with E-state index in [-0.39, 0.29) is 0 Å². The van der Waals surface area contributed by atoms with Gasteiger partial charge in [-0.1, -0.05) is 6.07 Å². The lowest BCUT2D eigenvalue weighted by molar-refractivity contribution is 0.328. The van der Waals surface area contributed by atoms with Crippen LogP contribution in [0.1, 0.15) is 0 Å². The number of ether oxygens (including phenoxy) is 1. The molecule has 0 spiro atoms. The number of aryl methyl sites for hydroxylation is 1. The first kappa shape index (κ1) is 11.5. The summed E-state index contributed by atoms with van der Waals surface area (Å²) in [6, 6.07) is 7.71. The SMILES string of the molecule is Cn1ccnc1Nc1cccc(OCCN)c1. The second-order valence-electron chi connectivity index (χ2n) is 3.65. The Morgan fingerprint density at radius 3 is 3.06 bits per heavy atom. The third-order valence-corrected chi connectivity index (χ3v) is 2.30. The van der Waals surface area contributed by atoms with Crippen LogP contribution in [0.15, 0.2) is 36.7 Å². The summed E-state index contributed by atoms with van der Waals surface area (Å²) in [5.41, 5.74) is 6.33. The minimum absolute atomic E-state index is 0.511. The first-order valence-corrected chi connectivity index (χ1v) is 5.47. The van der Waals surface area contributed by atoms with Gasteiger partial charge in [0.25, 0.3) is 0 Å². The summed E-state index contributed by atoms with van der Waals surface area (Å²) in [6.45, 7) is 1.03. The molecule has 2 aromatic rings. The van der Waals surface area contributed by atoms with Crippen molar-refractivity contribution < 1.29 is 4.74 Å². The number of rotatable bonds is 5. The monoisotopic (exact) mass is 232 g/mol. The van der Waals surface area contributed by atoms with E-state index < -0.39 is 0 Å². The first-order valence-electron chi connectivity index (χ1n) is 5.47. The van der Waals surface area contributed by atoms with Crippen LogP contribution in [0, 0.1) is 0 Å². The molecule has 0 radical (unpaired) electrons. The highest BCUT2D eigenvalue weighted by atomic mass is 16.5. The van der Waals surface area contributed by atoms with Crippen LogP contribution in [0.5, 0.6) is 5.75 Å². The summed E-state index contributed by atoms with van der Waals surface area (Å²) in [5, 5.41) is 3.21. The fraction of sp³-hybridized carbons (Fsp3) is 0.250. The van der Waals surface area contributed by atoms with Crippen molar-refractivity contribution in [3.8, 4) is 5.75 Å². The maximum atomic E-state index is 5.45. The second-order valence-corrected chi connectivity index (χ2v) is 3.65. The normalized spacial score (nSPS) is 10.2. The average Bonchev–Trinajstić information content (AvgIpc) is 2.73. The van der Waals surface area contributed by atoms with Crippen LogP contribution >= 0.6 is 0 Å². The van der Waals surface area contributed by atoms with Crippen molar-refractivity contribution in [2.24, 2.45) is 12.8 Å². The Kier molecular flexibility index (Phi) is 3.62. The molecule has 1 aromatic heterocycles. The van der Waals surface area contributed by atoms with Gasteiger partial charge in [-0.15, -0.1) is 0 Å². The van der Waals surface area contributed by atoms with Crippen LogP contribution < -0.4 is 15.8 Å². The quantitative estimate of drug-likeness (QED) is 0.820. The van der Waals surface area contributed by atoms with E-state index in [1.807, 2.05) is 42.1 Å². The Morgan fingerprint density at radius 1 is 1.47 bits per heavy atom. The standard InChI is InChI=1S/C12H16N4O/c1-16-7-6-14-12(16)15-10-3-2-4-11(9-10)17-8-5-13/h2-4,6-7,9H,5,8,13H2,1H3,(H,14,15). The molecule has 1 aromatic carbocycles. The van der Waals surface area contributed by atoms with Gasteiger partial charge in [0.2, 0.25) is 5.95 Å². The molecule has 90 valence electrons. The van der Waals surface area contributed by atoms with Crippen molar-refractivity contribution in [2.45, 2.75) is 0 Å². The Labute approximate surface area is 100 Å². The van der Waals surface area contributed by atoms with Crippen LogP contribution in [-0.2, 0) is 7.05 Å². The Hall–Kier alpha value is -2.01. The van der Waals surface area contributed by atoms with Gasteiger partial charge < -0.3 is 20.4 Å². The molecule has 0 aliphatic heterocycles. The summed E-state index contributed by atoms with van der Waals surface area (Å²) in [4.78, 5) is 4.19. The minimum Gasteiger partial charge on any atom is -0.492 e. The van der Waals surface area contributed by atoms with Crippen molar-refractivity contribution in [3.63, 3.8) is 0 Å². The zero-order chi connectivity index (χ0) is 12.1.